The van der Waals surface area contributed by atoms with Crippen LogP contribution in [-0.2, 0) is 10.2 Å². The number of fused-ring (bicyclic) bond motifs is 1. The quantitative estimate of drug-likeness (QED) is 0.631. The Morgan fingerprint density at radius 3 is 2.67 bits per heavy atom. The molecular weight excluding hydrogens is 264 g/mol. The molecule has 2 amide bonds. The van der Waals surface area contributed by atoms with Gasteiger partial charge in [0.05, 0.1) is 11.5 Å². The fourth-order valence-corrected chi connectivity index (χ4v) is 3.00. The standard InChI is InChI=1S/C17H20N2O2/c1-12-7-8-14-13(11-12)15(20)19(3)16(21)17(14,2)9-5-4-6-10-18/h7-8,11H,4-6,9H2,1-3H3. The highest BCUT2D eigenvalue weighted by Gasteiger charge is 2.45. The van der Waals surface area contributed by atoms with Gasteiger partial charge in [-0.25, -0.2) is 0 Å². The minimum atomic E-state index is -0.679. The Balaban J connectivity index is 2.41. The van der Waals surface area contributed by atoms with E-state index in [4.69, 9.17) is 5.26 Å². The molecule has 0 bridgehead atoms. The summed E-state index contributed by atoms with van der Waals surface area (Å²) in [6, 6.07) is 7.82. The van der Waals surface area contributed by atoms with Crippen molar-refractivity contribution in [2.45, 2.75) is 44.9 Å². The number of carbonyl (C=O) groups is 2. The van der Waals surface area contributed by atoms with Gasteiger partial charge in [-0.15, -0.1) is 0 Å². The number of benzene rings is 1. The summed E-state index contributed by atoms with van der Waals surface area (Å²) in [5.74, 6) is -0.381. The second-order valence-corrected chi connectivity index (χ2v) is 5.92. The number of nitrogens with zero attached hydrogens (tertiary/aromatic N) is 2. The molecule has 4 heteroatoms. The molecule has 1 aliphatic rings. The zero-order valence-corrected chi connectivity index (χ0v) is 12.8. The molecule has 1 aliphatic heterocycles. The highest BCUT2D eigenvalue weighted by molar-refractivity contribution is 6.12. The third-order valence-corrected chi connectivity index (χ3v) is 4.30. The number of amides is 2. The number of unbranched alkanes of at least 4 members (excludes halogenated alkanes) is 2. The molecule has 0 saturated carbocycles. The number of nitriles is 1. The number of hydrogen-bond acceptors (Lipinski definition) is 3. The smallest absolute Gasteiger partial charge is 0.260 e. The second kappa shape index (κ2) is 5.69. The van der Waals surface area contributed by atoms with E-state index in [9.17, 15) is 9.59 Å². The Hall–Kier alpha value is -2.15. The van der Waals surface area contributed by atoms with Crippen LogP contribution < -0.4 is 0 Å². The molecule has 1 aromatic rings. The number of carbonyl (C=O) groups excluding carboxylic acids is 2. The van der Waals surface area contributed by atoms with Crippen LogP contribution in [0.3, 0.4) is 0 Å². The Kier molecular flexibility index (Phi) is 4.13. The minimum absolute atomic E-state index is 0.152. The number of aryl methyl sites for hydroxylation is 1. The maximum atomic E-state index is 12.6. The van der Waals surface area contributed by atoms with E-state index in [2.05, 4.69) is 6.07 Å². The van der Waals surface area contributed by atoms with E-state index in [0.29, 0.717) is 18.4 Å². The summed E-state index contributed by atoms with van der Waals surface area (Å²) < 4.78 is 0. The van der Waals surface area contributed by atoms with Crippen LogP contribution in [0.15, 0.2) is 18.2 Å². The average Bonchev–Trinajstić information content (AvgIpc) is 2.47. The molecule has 0 aromatic heterocycles. The highest BCUT2D eigenvalue weighted by atomic mass is 16.2. The third kappa shape index (κ3) is 2.56. The summed E-state index contributed by atoms with van der Waals surface area (Å²) >= 11 is 0. The van der Waals surface area contributed by atoms with E-state index >= 15 is 0 Å². The van der Waals surface area contributed by atoms with Crippen molar-refractivity contribution in [3.8, 4) is 6.07 Å². The molecule has 0 radical (unpaired) electrons. The summed E-state index contributed by atoms with van der Waals surface area (Å²) in [5.41, 5.74) is 1.77. The molecule has 21 heavy (non-hydrogen) atoms. The van der Waals surface area contributed by atoms with Gasteiger partial charge in [0.1, 0.15) is 0 Å². The van der Waals surface area contributed by atoms with Gasteiger partial charge in [-0.3, -0.25) is 14.5 Å². The van der Waals surface area contributed by atoms with Crippen molar-refractivity contribution in [3.63, 3.8) is 0 Å². The van der Waals surface area contributed by atoms with Gasteiger partial charge in [-0.1, -0.05) is 24.1 Å². The SMILES string of the molecule is Cc1ccc2c(c1)C(=O)N(C)C(=O)C2(C)CCCCC#N. The molecule has 110 valence electrons. The van der Waals surface area contributed by atoms with Gasteiger partial charge in [-0.2, -0.15) is 5.26 Å². The maximum absolute atomic E-state index is 12.6. The van der Waals surface area contributed by atoms with Crippen LogP contribution in [0.2, 0.25) is 0 Å². The highest BCUT2D eigenvalue weighted by Crippen LogP contribution is 2.38. The van der Waals surface area contributed by atoms with Crippen molar-refractivity contribution in [3.05, 3.63) is 34.9 Å². The zero-order valence-electron chi connectivity index (χ0n) is 12.8. The van der Waals surface area contributed by atoms with Crippen LogP contribution in [0.25, 0.3) is 0 Å². The van der Waals surface area contributed by atoms with Crippen molar-refractivity contribution in [2.24, 2.45) is 0 Å². The van der Waals surface area contributed by atoms with Gasteiger partial charge in [0.25, 0.3) is 5.91 Å². The monoisotopic (exact) mass is 284 g/mol. The predicted molar refractivity (Wildman–Crippen MR) is 79.7 cm³/mol. The van der Waals surface area contributed by atoms with Crippen LogP contribution in [0, 0.1) is 18.3 Å². The summed E-state index contributed by atoms with van der Waals surface area (Å²) in [4.78, 5) is 26.1. The zero-order chi connectivity index (χ0) is 15.6. The van der Waals surface area contributed by atoms with E-state index in [1.165, 1.54) is 4.90 Å². The topological polar surface area (TPSA) is 61.2 Å². The lowest BCUT2D eigenvalue weighted by atomic mass is 9.72. The molecule has 4 nitrogen and oxygen atoms in total. The first-order chi connectivity index (χ1) is 9.91. The number of imide groups is 1. The van der Waals surface area contributed by atoms with Crippen LogP contribution in [0.5, 0.6) is 0 Å². The molecule has 2 rings (SSSR count). The Bertz CT molecular complexity index is 630. The van der Waals surface area contributed by atoms with Gasteiger partial charge in [0.2, 0.25) is 5.91 Å². The van der Waals surface area contributed by atoms with Crippen molar-refractivity contribution < 1.29 is 9.59 Å². The van der Waals surface area contributed by atoms with Gasteiger partial charge in [-0.05, 0) is 38.3 Å². The first-order valence-corrected chi connectivity index (χ1v) is 7.22. The molecule has 0 N–H and O–H groups in total. The largest absolute Gasteiger partial charge is 0.281 e. The summed E-state index contributed by atoms with van der Waals surface area (Å²) in [6.07, 6.45) is 2.73. The lowest BCUT2D eigenvalue weighted by Gasteiger charge is -2.38. The minimum Gasteiger partial charge on any atom is -0.281 e. The average molecular weight is 284 g/mol. The van der Waals surface area contributed by atoms with Crippen molar-refractivity contribution in [1.82, 2.24) is 4.90 Å². The van der Waals surface area contributed by atoms with Crippen molar-refractivity contribution >= 4 is 11.8 Å². The first-order valence-electron chi connectivity index (χ1n) is 7.22. The van der Waals surface area contributed by atoms with Gasteiger partial charge >= 0.3 is 0 Å². The molecule has 0 aliphatic carbocycles. The van der Waals surface area contributed by atoms with Gasteiger partial charge < -0.3 is 0 Å². The van der Waals surface area contributed by atoms with E-state index < -0.39 is 5.41 Å². The lowest BCUT2D eigenvalue weighted by Crippen LogP contribution is -2.51. The molecule has 0 spiro atoms. The van der Waals surface area contributed by atoms with Crippen LogP contribution >= 0.6 is 0 Å². The number of likely N-dealkylation sites (N-methyl/N-ethyl adjacent to an activating group) is 1. The van der Waals surface area contributed by atoms with E-state index in [0.717, 1.165) is 24.0 Å². The fraction of sp³-hybridized carbons (Fsp3) is 0.471. The molecule has 0 saturated heterocycles. The summed E-state index contributed by atoms with van der Waals surface area (Å²) in [5, 5.41) is 8.61. The molecule has 1 atom stereocenters. The maximum Gasteiger partial charge on any atom is 0.260 e. The van der Waals surface area contributed by atoms with Crippen LogP contribution in [0.4, 0.5) is 0 Å². The van der Waals surface area contributed by atoms with Crippen molar-refractivity contribution in [2.75, 3.05) is 7.05 Å². The molecular formula is C17H20N2O2. The predicted octanol–water partition coefficient (Wildman–Crippen LogP) is 2.95. The molecule has 1 unspecified atom stereocenters. The normalized spacial score (nSPS) is 21.1. The first kappa shape index (κ1) is 15.2. The Labute approximate surface area is 125 Å². The molecule has 0 fully saturated rings. The van der Waals surface area contributed by atoms with Gasteiger partial charge in [0.15, 0.2) is 0 Å². The van der Waals surface area contributed by atoms with Gasteiger partial charge in [0, 0.05) is 19.0 Å². The second-order valence-electron chi connectivity index (χ2n) is 5.92. The van der Waals surface area contributed by atoms with E-state index in [1.807, 2.05) is 32.0 Å². The van der Waals surface area contributed by atoms with E-state index in [-0.39, 0.29) is 11.8 Å². The third-order valence-electron chi connectivity index (χ3n) is 4.30. The summed E-state index contributed by atoms with van der Waals surface area (Å²) in [6.45, 7) is 3.84. The Morgan fingerprint density at radius 1 is 1.29 bits per heavy atom. The molecule has 1 aromatic carbocycles. The molecule has 1 heterocycles. The van der Waals surface area contributed by atoms with Crippen LogP contribution in [0.1, 0.15) is 54.1 Å². The van der Waals surface area contributed by atoms with Crippen molar-refractivity contribution in [1.29, 1.82) is 5.26 Å². The lowest BCUT2D eigenvalue weighted by molar-refractivity contribution is -0.134. The summed E-state index contributed by atoms with van der Waals surface area (Å²) in [7, 11) is 1.55. The van der Waals surface area contributed by atoms with Crippen LogP contribution in [-0.4, -0.2) is 23.8 Å². The number of rotatable bonds is 4. The fourth-order valence-electron chi connectivity index (χ4n) is 3.00. The Morgan fingerprint density at radius 2 is 2.00 bits per heavy atom. The number of hydrogen-bond donors (Lipinski definition) is 0. The van der Waals surface area contributed by atoms with E-state index in [1.54, 1.807) is 7.05 Å².